The number of hydrogen-bond acceptors (Lipinski definition) is 4. The summed E-state index contributed by atoms with van der Waals surface area (Å²) in [7, 11) is -3.51. The summed E-state index contributed by atoms with van der Waals surface area (Å²) >= 11 is 5.81. The van der Waals surface area contributed by atoms with E-state index in [-0.39, 0.29) is 10.6 Å². The summed E-state index contributed by atoms with van der Waals surface area (Å²) < 4.78 is 26.7. The Labute approximate surface area is 140 Å². The maximum atomic E-state index is 12.6. The van der Waals surface area contributed by atoms with E-state index in [1.807, 2.05) is 17.0 Å². The predicted octanol–water partition coefficient (Wildman–Crippen LogP) is 2.56. The molecule has 1 heterocycles. The van der Waals surface area contributed by atoms with Gasteiger partial charge in [-0.15, -0.1) is 0 Å². The minimum absolute atomic E-state index is 0.210. The topological polar surface area (TPSA) is 60.9 Å². The van der Waals surface area contributed by atoms with E-state index in [2.05, 4.69) is 0 Å². The molecule has 5 nitrogen and oxygen atoms in total. The molecule has 2 aromatic carbocycles. The summed E-state index contributed by atoms with van der Waals surface area (Å²) in [5, 5.41) is 10.4. The van der Waals surface area contributed by atoms with Crippen LogP contribution in [0.1, 0.15) is 0 Å². The molecule has 0 atom stereocenters. The van der Waals surface area contributed by atoms with E-state index in [1.165, 1.54) is 16.4 Å². The molecule has 0 unspecified atom stereocenters. The monoisotopic (exact) mass is 352 g/mol. The number of phenolic OH excluding ortho intramolecular Hbond substituents is 1. The SMILES string of the molecule is O=S(=O)(c1ccc(Cl)cc1)N1CCN(c2ccccc2O)CC1. The number of benzene rings is 2. The smallest absolute Gasteiger partial charge is 0.243 e. The third kappa shape index (κ3) is 3.29. The lowest BCUT2D eigenvalue weighted by Gasteiger charge is -2.35. The van der Waals surface area contributed by atoms with Crippen LogP contribution in [0.15, 0.2) is 53.4 Å². The molecule has 1 fully saturated rings. The first-order valence-electron chi connectivity index (χ1n) is 7.27. The van der Waals surface area contributed by atoms with Gasteiger partial charge in [-0.05, 0) is 36.4 Å². The summed E-state index contributed by atoms with van der Waals surface area (Å²) in [4.78, 5) is 2.24. The average molecular weight is 353 g/mol. The fourth-order valence-electron chi connectivity index (χ4n) is 2.66. The molecule has 2 aromatic rings. The summed E-state index contributed by atoms with van der Waals surface area (Å²) in [6, 6.07) is 13.3. The van der Waals surface area contributed by atoms with E-state index in [4.69, 9.17) is 11.6 Å². The second-order valence-corrected chi connectivity index (χ2v) is 7.71. The van der Waals surface area contributed by atoms with E-state index < -0.39 is 10.0 Å². The lowest BCUT2D eigenvalue weighted by molar-refractivity contribution is 0.382. The Morgan fingerprint density at radius 3 is 2.13 bits per heavy atom. The van der Waals surface area contributed by atoms with Gasteiger partial charge >= 0.3 is 0 Å². The van der Waals surface area contributed by atoms with E-state index in [1.54, 1.807) is 24.3 Å². The first-order valence-corrected chi connectivity index (χ1v) is 9.09. The fourth-order valence-corrected chi connectivity index (χ4v) is 4.20. The van der Waals surface area contributed by atoms with Crippen LogP contribution >= 0.6 is 11.6 Å². The zero-order chi connectivity index (χ0) is 16.4. The zero-order valence-corrected chi connectivity index (χ0v) is 14.0. The number of para-hydroxylation sites is 2. The first-order chi connectivity index (χ1) is 11.0. The maximum absolute atomic E-state index is 12.6. The number of sulfonamides is 1. The van der Waals surface area contributed by atoms with Crippen molar-refractivity contribution in [1.29, 1.82) is 0 Å². The number of hydrogen-bond donors (Lipinski definition) is 1. The minimum atomic E-state index is -3.51. The standard InChI is InChI=1S/C16H17ClN2O3S/c17-13-5-7-14(8-6-13)23(21,22)19-11-9-18(10-12-19)15-3-1-2-4-16(15)20/h1-8,20H,9-12H2. The van der Waals surface area contributed by atoms with E-state index >= 15 is 0 Å². The second-order valence-electron chi connectivity index (χ2n) is 5.33. The highest BCUT2D eigenvalue weighted by Gasteiger charge is 2.29. The molecule has 0 spiro atoms. The van der Waals surface area contributed by atoms with Gasteiger partial charge in [-0.2, -0.15) is 4.31 Å². The van der Waals surface area contributed by atoms with E-state index in [9.17, 15) is 13.5 Å². The van der Waals surface area contributed by atoms with Gasteiger partial charge in [0, 0.05) is 31.2 Å². The van der Waals surface area contributed by atoms with Crippen LogP contribution in [0.4, 0.5) is 5.69 Å². The highest BCUT2D eigenvalue weighted by atomic mass is 35.5. The van der Waals surface area contributed by atoms with Crippen molar-refractivity contribution in [2.45, 2.75) is 4.90 Å². The van der Waals surface area contributed by atoms with Crippen molar-refractivity contribution in [2.75, 3.05) is 31.1 Å². The lowest BCUT2D eigenvalue weighted by Crippen LogP contribution is -2.48. The maximum Gasteiger partial charge on any atom is 0.243 e. The number of aromatic hydroxyl groups is 1. The van der Waals surface area contributed by atoms with Crippen molar-refractivity contribution in [2.24, 2.45) is 0 Å². The number of halogens is 1. The summed E-state index contributed by atoms with van der Waals surface area (Å²) in [6.45, 7) is 1.81. The molecule has 0 aromatic heterocycles. The molecule has 23 heavy (non-hydrogen) atoms. The number of piperazine rings is 1. The van der Waals surface area contributed by atoms with Crippen molar-refractivity contribution in [3.8, 4) is 5.75 Å². The number of anilines is 1. The van der Waals surface area contributed by atoms with Gasteiger partial charge in [0.2, 0.25) is 10.0 Å². The summed E-state index contributed by atoms with van der Waals surface area (Å²) in [5.41, 5.74) is 0.732. The highest BCUT2D eigenvalue weighted by Crippen LogP contribution is 2.28. The first kappa shape index (κ1) is 16.1. The largest absolute Gasteiger partial charge is 0.506 e. The van der Waals surface area contributed by atoms with Gasteiger partial charge in [0.1, 0.15) is 5.75 Å². The van der Waals surface area contributed by atoms with Gasteiger partial charge in [-0.3, -0.25) is 0 Å². The molecule has 1 saturated heterocycles. The average Bonchev–Trinajstić information content (AvgIpc) is 2.56. The lowest BCUT2D eigenvalue weighted by atomic mass is 10.2. The van der Waals surface area contributed by atoms with Crippen LogP contribution < -0.4 is 4.90 Å². The van der Waals surface area contributed by atoms with Crippen LogP contribution in [-0.2, 0) is 10.0 Å². The summed E-state index contributed by atoms with van der Waals surface area (Å²) in [6.07, 6.45) is 0. The zero-order valence-electron chi connectivity index (χ0n) is 12.4. The van der Waals surface area contributed by atoms with Crippen LogP contribution in [0.5, 0.6) is 5.75 Å². The van der Waals surface area contributed by atoms with Crippen molar-refractivity contribution in [3.05, 3.63) is 53.6 Å². The van der Waals surface area contributed by atoms with Crippen LogP contribution in [0, 0.1) is 0 Å². The third-order valence-electron chi connectivity index (χ3n) is 3.91. The van der Waals surface area contributed by atoms with E-state index in [0.717, 1.165) is 5.69 Å². The Bertz CT molecular complexity index is 785. The number of nitrogens with zero attached hydrogens (tertiary/aromatic N) is 2. The van der Waals surface area contributed by atoms with Gasteiger partial charge in [0.15, 0.2) is 0 Å². The Morgan fingerprint density at radius 2 is 1.52 bits per heavy atom. The molecule has 1 aliphatic rings. The number of rotatable bonds is 3. The van der Waals surface area contributed by atoms with Crippen molar-refractivity contribution < 1.29 is 13.5 Å². The molecule has 0 amide bonds. The molecular formula is C16H17ClN2O3S. The fraction of sp³-hybridized carbons (Fsp3) is 0.250. The van der Waals surface area contributed by atoms with Crippen LogP contribution in [0.2, 0.25) is 5.02 Å². The molecule has 0 bridgehead atoms. The van der Waals surface area contributed by atoms with Crippen molar-refractivity contribution in [3.63, 3.8) is 0 Å². The molecule has 1 N–H and O–H groups in total. The van der Waals surface area contributed by atoms with Gasteiger partial charge in [0.05, 0.1) is 10.6 Å². The van der Waals surface area contributed by atoms with Crippen LogP contribution in [0.3, 0.4) is 0 Å². The Hall–Kier alpha value is -1.76. The molecular weight excluding hydrogens is 336 g/mol. The third-order valence-corrected chi connectivity index (χ3v) is 6.08. The predicted molar refractivity (Wildman–Crippen MR) is 90.5 cm³/mol. The van der Waals surface area contributed by atoms with Gasteiger partial charge in [0.25, 0.3) is 0 Å². The molecule has 122 valence electrons. The minimum Gasteiger partial charge on any atom is -0.506 e. The highest BCUT2D eigenvalue weighted by molar-refractivity contribution is 7.89. The van der Waals surface area contributed by atoms with Crippen LogP contribution in [0.25, 0.3) is 0 Å². The normalized spacial score (nSPS) is 16.5. The Balaban J connectivity index is 1.74. The van der Waals surface area contributed by atoms with E-state index in [0.29, 0.717) is 31.2 Å². The van der Waals surface area contributed by atoms with Gasteiger partial charge < -0.3 is 10.0 Å². The molecule has 0 radical (unpaired) electrons. The second kappa shape index (κ2) is 6.39. The van der Waals surface area contributed by atoms with Crippen LogP contribution in [-0.4, -0.2) is 44.0 Å². The number of phenols is 1. The molecule has 0 aliphatic carbocycles. The molecule has 3 rings (SSSR count). The molecule has 1 aliphatic heterocycles. The van der Waals surface area contributed by atoms with Gasteiger partial charge in [-0.25, -0.2) is 8.42 Å². The summed E-state index contributed by atoms with van der Waals surface area (Å²) in [5.74, 6) is 0.210. The van der Waals surface area contributed by atoms with Crippen molar-refractivity contribution >= 4 is 27.3 Å². The Morgan fingerprint density at radius 1 is 0.913 bits per heavy atom. The quantitative estimate of drug-likeness (QED) is 0.922. The molecule has 7 heteroatoms. The van der Waals surface area contributed by atoms with Crippen molar-refractivity contribution in [1.82, 2.24) is 4.31 Å². The Kier molecular flexibility index (Phi) is 4.48. The van der Waals surface area contributed by atoms with Gasteiger partial charge in [-0.1, -0.05) is 23.7 Å². The molecule has 0 saturated carbocycles.